The van der Waals surface area contributed by atoms with Crippen LogP contribution in [0.2, 0.25) is 0 Å². The molecule has 2 atom stereocenters. The smallest absolute Gasteiger partial charge is 0.307 e. The number of carboxylic acid groups (broad SMARTS) is 1. The maximum atomic E-state index is 10.9. The van der Waals surface area contributed by atoms with Crippen LogP contribution < -0.4 is 0 Å². The minimum absolute atomic E-state index is 0.164. The van der Waals surface area contributed by atoms with Gasteiger partial charge in [0.1, 0.15) is 0 Å². The van der Waals surface area contributed by atoms with Gasteiger partial charge in [-0.15, -0.1) is 0 Å². The van der Waals surface area contributed by atoms with Crippen LogP contribution in [-0.4, -0.2) is 20.7 Å². The summed E-state index contributed by atoms with van der Waals surface area (Å²) in [5, 5.41) is 13.3. The van der Waals surface area contributed by atoms with E-state index in [9.17, 15) is 4.79 Å². The van der Waals surface area contributed by atoms with E-state index >= 15 is 0 Å². The number of aromatic nitrogens is 2. The van der Waals surface area contributed by atoms with Crippen molar-refractivity contribution in [3.05, 3.63) is 35.7 Å². The molecule has 82 valence electrons. The molecule has 0 amide bonds. The van der Waals surface area contributed by atoms with Crippen LogP contribution in [0.15, 0.2) is 24.4 Å². The summed E-state index contributed by atoms with van der Waals surface area (Å²) in [5.41, 5.74) is 3.10. The van der Waals surface area contributed by atoms with Gasteiger partial charge in [0.25, 0.3) is 0 Å². The molecule has 0 spiro atoms. The van der Waals surface area contributed by atoms with Crippen LogP contribution in [0, 0.1) is 12.8 Å². The second kappa shape index (κ2) is 3.07. The molecule has 0 saturated heterocycles. The largest absolute Gasteiger partial charge is 0.481 e. The van der Waals surface area contributed by atoms with Gasteiger partial charge in [-0.3, -0.25) is 4.79 Å². The number of carbonyl (C=O) groups is 1. The van der Waals surface area contributed by atoms with Crippen LogP contribution in [0.4, 0.5) is 0 Å². The monoisotopic (exact) mass is 216 g/mol. The Labute approximate surface area is 92.5 Å². The van der Waals surface area contributed by atoms with Crippen molar-refractivity contribution >= 4 is 11.5 Å². The molecule has 0 aromatic carbocycles. The summed E-state index contributed by atoms with van der Waals surface area (Å²) in [6.07, 6.45) is 2.64. The van der Waals surface area contributed by atoms with Crippen molar-refractivity contribution in [3.63, 3.8) is 0 Å². The third-order valence-electron chi connectivity index (χ3n) is 3.16. The fourth-order valence-electron chi connectivity index (χ4n) is 2.28. The zero-order valence-corrected chi connectivity index (χ0v) is 8.92. The number of nitrogens with zero attached hydrogens (tertiary/aromatic N) is 2. The molecule has 1 fully saturated rings. The molecule has 0 unspecified atom stereocenters. The van der Waals surface area contributed by atoms with Crippen molar-refractivity contribution in [1.29, 1.82) is 0 Å². The number of hydrogen-bond donors (Lipinski definition) is 1. The van der Waals surface area contributed by atoms with Crippen LogP contribution in [0.25, 0.3) is 5.52 Å². The number of carboxylic acids is 1. The van der Waals surface area contributed by atoms with E-state index in [1.165, 1.54) is 0 Å². The summed E-state index contributed by atoms with van der Waals surface area (Å²) in [4.78, 5) is 10.9. The minimum Gasteiger partial charge on any atom is -0.481 e. The number of rotatable bonds is 2. The molecule has 0 bridgehead atoms. The van der Waals surface area contributed by atoms with E-state index < -0.39 is 5.97 Å². The Bertz CT molecular complexity index is 573. The maximum Gasteiger partial charge on any atom is 0.307 e. The van der Waals surface area contributed by atoms with Crippen molar-refractivity contribution in [2.75, 3.05) is 0 Å². The van der Waals surface area contributed by atoms with Crippen molar-refractivity contribution < 1.29 is 9.90 Å². The summed E-state index contributed by atoms with van der Waals surface area (Å²) in [6.45, 7) is 1.94. The molecule has 0 radical (unpaired) electrons. The lowest BCUT2D eigenvalue weighted by molar-refractivity contribution is -0.138. The summed E-state index contributed by atoms with van der Waals surface area (Å²) in [5.74, 6) is -0.734. The highest BCUT2D eigenvalue weighted by Crippen LogP contribution is 2.48. The lowest BCUT2D eigenvalue weighted by Gasteiger charge is -2.01. The summed E-state index contributed by atoms with van der Waals surface area (Å²) in [6, 6.07) is 5.93. The molecule has 3 rings (SSSR count). The van der Waals surface area contributed by atoms with E-state index in [4.69, 9.17) is 5.11 Å². The minimum atomic E-state index is -0.691. The van der Waals surface area contributed by atoms with E-state index in [1.807, 2.05) is 35.8 Å². The van der Waals surface area contributed by atoms with Crippen molar-refractivity contribution in [2.45, 2.75) is 19.3 Å². The van der Waals surface area contributed by atoms with E-state index in [2.05, 4.69) is 5.10 Å². The van der Waals surface area contributed by atoms with Crippen LogP contribution in [0.3, 0.4) is 0 Å². The van der Waals surface area contributed by atoms with Gasteiger partial charge in [-0.25, -0.2) is 4.52 Å². The van der Waals surface area contributed by atoms with Gasteiger partial charge in [0.05, 0.1) is 17.1 Å². The van der Waals surface area contributed by atoms with E-state index in [0.717, 1.165) is 23.2 Å². The van der Waals surface area contributed by atoms with Gasteiger partial charge < -0.3 is 5.11 Å². The van der Waals surface area contributed by atoms with Crippen LogP contribution in [0.1, 0.15) is 23.6 Å². The van der Waals surface area contributed by atoms with Crippen LogP contribution in [0.5, 0.6) is 0 Å². The first-order valence-corrected chi connectivity index (χ1v) is 5.34. The second-order valence-electron chi connectivity index (χ2n) is 4.37. The fourth-order valence-corrected chi connectivity index (χ4v) is 2.28. The van der Waals surface area contributed by atoms with Crippen LogP contribution in [-0.2, 0) is 4.79 Å². The molecule has 4 nitrogen and oxygen atoms in total. The number of aryl methyl sites for hydroxylation is 1. The Hall–Kier alpha value is -1.84. The fraction of sp³-hybridized carbons (Fsp3) is 0.333. The Morgan fingerprint density at radius 3 is 3.12 bits per heavy atom. The highest BCUT2D eigenvalue weighted by atomic mass is 16.4. The first-order chi connectivity index (χ1) is 7.66. The lowest BCUT2D eigenvalue weighted by atomic mass is 10.1. The lowest BCUT2D eigenvalue weighted by Crippen LogP contribution is -2.00. The highest BCUT2D eigenvalue weighted by Gasteiger charge is 2.45. The Morgan fingerprint density at radius 1 is 1.62 bits per heavy atom. The Kier molecular flexibility index (Phi) is 1.80. The van der Waals surface area contributed by atoms with E-state index in [-0.39, 0.29) is 11.8 Å². The molecule has 2 aromatic rings. The van der Waals surface area contributed by atoms with Crippen molar-refractivity contribution in [3.8, 4) is 0 Å². The Morgan fingerprint density at radius 2 is 2.44 bits per heavy atom. The zero-order valence-electron chi connectivity index (χ0n) is 8.92. The van der Waals surface area contributed by atoms with E-state index in [0.29, 0.717) is 0 Å². The average molecular weight is 216 g/mol. The summed E-state index contributed by atoms with van der Waals surface area (Å²) in [7, 11) is 0. The summed E-state index contributed by atoms with van der Waals surface area (Å²) >= 11 is 0. The Balaban J connectivity index is 2.08. The SMILES string of the molecule is Cc1cc2c([C@@H]3C[C@H]3C(=O)O)cccn2n1. The normalized spacial score (nSPS) is 23.6. The number of aliphatic carboxylic acids is 1. The van der Waals surface area contributed by atoms with Crippen LogP contribution >= 0.6 is 0 Å². The standard InChI is InChI=1S/C12H12N2O2/c1-7-5-11-8(3-2-4-14(11)13-7)9-6-10(9)12(15)16/h2-5,9-10H,6H2,1H3,(H,15,16)/t9-,10+/m0/s1. The molecule has 1 aliphatic rings. The number of hydrogen-bond acceptors (Lipinski definition) is 2. The molecular weight excluding hydrogens is 204 g/mol. The third kappa shape index (κ3) is 1.30. The first kappa shape index (κ1) is 9.39. The molecule has 4 heteroatoms. The van der Waals surface area contributed by atoms with Gasteiger partial charge in [0, 0.05) is 12.1 Å². The van der Waals surface area contributed by atoms with Gasteiger partial charge >= 0.3 is 5.97 Å². The molecule has 16 heavy (non-hydrogen) atoms. The summed E-state index contributed by atoms with van der Waals surface area (Å²) < 4.78 is 1.82. The third-order valence-corrected chi connectivity index (χ3v) is 3.16. The molecular formula is C12H12N2O2. The highest BCUT2D eigenvalue weighted by molar-refractivity contribution is 5.76. The number of pyridine rings is 1. The molecule has 1 aliphatic carbocycles. The number of fused-ring (bicyclic) bond motifs is 1. The average Bonchev–Trinajstić information content (AvgIpc) is 2.93. The van der Waals surface area contributed by atoms with Crippen molar-refractivity contribution in [2.24, 2.45) is 5.92 Å². The van der Waals surface area contributed by atoms with Gasteiger partial charge in [0.2, 0.25) is 0 Å². The van der Waals surface area contributed by atoms with Gasteiger partial charge in [-0.05, 0) is 31.0 Å². The molecule has 1 saturated carbocycles. The predicted octanol–water partition coefficient (Wildman–Crippen LogP) is 1.83. The van der Waals surface area contributed by atoms with Gasteiger partial charge in [-0.2, -0.15) is 5.10 Å². The predicted molar refractivity (Wildman–Crippen MR) is 58.4 cm³/mol. The van der Waals surface area contributed by atoms with Gasteiger partial charge in [-0.1, -0.05) is 6.07 Å². The zero-order chi connectivity index (χ0) is 11.3. The topological polar surface area (TPSA) is 54.6 Å². The molecule has 2 heterocycles. The second-order valence-corrected chi connectivity index (χ2v) is 4.37. The maximum absolute atomic E-state index is 10.9. The molecule has 0 aliphatic heterocycles. The van der Waals surface area contributed by atoms with Crippen molar-refractivity contribution in [1.82, 2.24) is 9.61 Å². The first-order valence-electron chi connectivity index (χ1n) is 5.34. The quantitative estimate of drug-likeness (QED) is 0.833. The molecule has 2 aromatic heterocycles. The van der Waals surface area contributed by atoms with E-state index in [1.54, 1.807) is 0 Å². The van der Waals surface area contributed by atoms with Gasteiger partial charge in [0.15, 0.2) is 0 Å². The molecule has 1 N–H and O–H groups in total.